The first-order valence-corrected chi connectivity index (χ1v) is 8.21. The highest BCUT2D eigenvalue weighted by Crippen LogP contribution is 2.48. The molecule has 2 saturated carbocycles. The maximum atomic E-state index is 12.6. The van der Waals surface area contributed by atoms with Gasteiger partial charge in [0.15, 0.2) is 0 Å². The van der Waals surface area contributed by atoms with Crippen molar-refractivity contribution in [1.82, 2.24) is 15.4 Å². The van der Waals surface area contributed by atoms with Crippen molar-refractivity contribution in [2.75, 3.05) is 5.43 Å². The molecule has 2 N–H and O–H groups in total. The average molecular weight is 329 g/mol. The summed E-state index contributed by atoms with van der Waals surface area (Å²) >= 11 is 5.92. The zero-order valence-electron chi connectivity index (χ0n) is 12.6. The number of nitrogens with zero attached hydrogens (tertiary/aromatic N) is 2. The third-order valence-corrected chi connectivity index (χ3v) is 4.79. The molecule has 0 saturated heterocycles. The number of benzene rings is 1. The van der Waals surface area contributed by atoms with E-state index in [-0.39, 0.29) is 5.91 Å². The van der Waals surface area contributed by atoms with Crippen LogP contribution in [-0.4, -0.2) is 15.9 Å². The number of rotatable bonds is 5. The molecule has 0 unspecified atom stereocenters. The van der Waals surface area contributed by atoms with Crippen LogP contribution >= 0.6 is 11.6 Å². The van der Waals surface area contributed by atoms with Gasteiger partial charge >= 0.3 is 0 Å². The van der Waals surface area contributed by atoms with Crippen LogP contribution in [0.4, 0.5) is 5.95 Å². The van der Waals surface area contributed by atoms with Crippen LogP contribution in [0.3, 0.4) is 0 Å². The van der Waals surface area contributed by atoms with E-state index >= 15 is 0 Å². The molecule has 6 heteroatoms. The number of hydrogen-bond donors (Lipinski definition) is 2. The van der Waals surface area contributed by atoms with Crippen molar-refractivity contribution in [3.63, 3.8) is 0 Å². The second-order valence-corrected chi connectivity index (χ2v) is 6.68. The van der Waals surface area contributed by atoms with E-state index < -0.39 is 5.41 Å². The normalized spacial score (nSPS) is 18.3. The van der Waals surface area contributed by atoms with Gasteiger partial charge in [-0.3, -0.25) is 15.6 Å². The van der Waals surface area contributed by atoms with Crippen molar-refractivity contribution in [3.05, 3.63) is 52.8 Å². The van der Waals surface area contributed by atoms with E-state index in [0.717, 1.165) is 24.1 Å². The Balaban J connectivity index is 1.43. The van der Waals surface area contributed by atoms with Crippen molar-refractivity contribution in [2.24, 2.45) is 0 Å². The Bertz CT molecular complexity index is 739. The summed E-state index contributed by atoms with van der Waals surface area (Å²) in [6.45, 7) is 0. The molecule has 2 aromatic rings. The lowest BCUT2D eigenvalue weighted by Gasteiger charge is -2.16. The minimum atomic E-state index is -0.453. The van der Waals surface area contributed by atoms with Crippen molar-refractivity contribution < 1.29 is 4.79 Å². The van der Waals surface area contributed by atoms with Crippen LogP contribution in [0, 0.1) is 0 Å². The molecule has 1 heterocycles. The SMILES string of the molecule is O=C(NNc1nccc(C2CC2)n1)C1(c2ccc(Cl)cc2)CC1. The van der Waals surface area contributed by atoms with Gasteiger partial charge in [0.25, 0.3) is 0 Å². The first kappa shape index (κ1) is 14.5. The summed E-state index contributed by atoms with van der Waals surface area (Å²) in [5.41, 5.74) is 7.18. The quantitative estimate of drug-likeness (QED) is 0.827. The highest BCUT2D eigenvalue weighted by molar-refractivity contribution is 6.30. The number of aromatic nitrogens is 2. The Morgan fingerprint density at radius 3 is 2.57 bits per heavy atom. The van der Waals surface area contributed by atoms with E-state index in [4.69, 9.17) is 11.6 Å². The Labute approximate surface area is 139 Å². The van der Waals surface area contributed by atoms with Gasteiger partial charge in [-0.15, -0.1) is 0 Å². The van der Waals surface area contributed by atoms with E-state index in [0.29, 0.717) is 16.9 Å². The van der Waals surface area contributed by atoms with E-state index in [1.807, 2.05) is 30.3 Å². The Hall–Kier alpha value is -2.14. The standard InChI is InChI=1S/C17H17ClN4O/c18-13-5-3-12(4-6-13)17(8-9-17)15(23)21-22-16-19-10-7-14(20-16)11-1-2-11/h3-7,10-11H,1-2,8-9H2,(H,21,23)(H,19,20,22). The van der Waals surface area contributed by atoms with Crippen molar-refractivity contribution in [3.8, 4) is 0 Å². The Morgan fingerprint density at radius 2 is 1.91 bits per heavy atom. The molecule has 118 valence electrons. The fraction of sp³-hybridized carbons (Fsp3) is 0.353. The average Bonchev–Trinajstić information content (AvgIpc) is 3.47. The molecule has 23 heavy (non-hydrogen) atoms. The topological polar surface area (TPSA) is 66.9 Å². The molecule has 2 aliphatic carbocycles. The van der Waals surface area contributed by atoms with E-state index in [2.05, 4.69) is 20.8 Å². The molecule has 0 bridgehead atoms. The van der Waals surface area contributed by atoms with Crippen molar-refractivity contribution >= 4 is 23.5 Å². The van der Waals surface area contributed by atoms with Gasteiger partial charge in [-0.1, -0.05) is 23.7 Å². The minimum Gasteiger partial charge on any atom is -0.272 e. The summed E-state index contributed by atoms with van der Waals surface area (Å²) in [5.74, 6) is 0.938. The number of carbonyl (C=O) groups excluding carboxylic acids is 1. The molecule has 0 atom stereocenters. The first-order valence-electron chi connectivity index (χ1n) is 7.83. The van der Waals surface area contributed by atoms with Gasteiger partial charge < -0.3 is 0 Å². The Kier molecular flexibility index (Phi) is 3.45. The molecule has 1 aromatic carbocycles. The summed E-state index contributed by atoms with van der Waals surface area (Å²) < 4.78 is 0. The third kappa shape index (κ3) is 2.88. The second-order valence-electron chi connectivity index (χ2n) is 6.25. The molecule has 1 amide bonds. The molecule has 0 radical (unpaired) electrons. The Morgan fingerprint density at radius 1 is 1.17 bits per heavy atom. The molecule has 1 aromatic heterocycles. The smallest absolute Gasteiger partial charge is 0.249 e. The van der Waals surface area contributed by atoms with Crippen LogP contribution in [0.2, 0.25) is 5.02 Å². The fourth-order valence-electron chi connectivity index (χ4n) is 2.81. The van der Waals surface area contributed by atoms with Crippen LogP contribution in [-0.2, 0) is 10.2 Å². The molecular formula is C17H17ClN4O. The predicted octanol–water partition coefficient (Wildman–Crippen LogP) is 3.18. The summed E-state index contributed by atoms with van der Waals surface area (Å²) in [6, 6.07) is 9.40. The van der Waals surface area contributed by atoms with E-state index in [1.54, 1.807) is 6.20 Å². The minimum absolute atomic E-state index is 0.0553. The summed E-state index contributed by atoms with van der Waals surface area (Å²) in [6.07, 6.45) is 5.77. The van der Waals surface area contributed by atoms with Gasteiger partial charge in [0.05, 0.1) is 5.41 Å². The maximum absolute atomic E-state index is 12.6. The lowest BCUT2D eigenvalue weighted by atomic mass is 9.95. The van der Waals surface area contributed by atoms with Crippen LogP contribution in [0.15, 0.2) is 36.5 Å². The van der Waals surface area contributed by atoms with Crippen LogP contribution in [0.1, 0.15) is 42.9 Å². The maximum Gasteiger partial charge on any atom is 0.249 e. The molecule has 0 aliphatic heterocycles. The van der Waals surface area contributed by atoms with Gasteiger partial charge in [0, 0.05) is 22.8 Å². The van der Waals surface area contributed by atoms with Crippen molar-refractivity contribution in [1.29, 1.82) is 0 Å². The molecule has 4 rings (SSSR count). The number of amides is 1. The highest BCUT2D eigenvalue weighted by atomic mass is 35.5. The highest BCUT2D eigenvalue weighted by Gasteiger charge is 2.51. The van der Waals surface area contributed by atoms with Crippen LogP contribution in [0.5, 0.6) is 0 Å². The number of nitrogens with one attached hydrogen (secondary N) is 2. The molecule has 2 aliphatic rings. The molecule has 0 spiro atoms. The van der Waals surface area contributed by atoms with Gasteiger partial charge in [0.2, 0.25) is 11.9 Å². The lowest BCUT2D eigenvalue weighted by Crippen LogP contribution is -2.38. The summed E-state index contributed by atoms with van der Waals surface area (Å²) in [7, 11) is 0. The molecular weight excluding hydrogens is 312 g/mol. The lowest BCUT2D eigenvalue weighted by molar-refractivity contribution is -0.123. The number of halogens is 1. The monoisotopic (exact) mass is 328 g/mol. The molecule has 2 fully saturated rings. The predicted molar refractivity (Wildman–Crippen MR) is 88.1 cm³/mol. The zero-order valence-corrected chi connectivity index (χ0v) is 13.3. The second kappa shape index (κ2) is 5.49. The van der Waals surface area contributed by atoms with E-state index in [1.165, 1.54) is 12.8 Å². The van der Waals surface area contributed by atoms with Crippen molar-refractivity contribution in [2.45, 2.75) is 37.0 Å². The van der Waals surface area contributed by atoms with Crippen LogP contribution in [0.25, 0.3) is 0 Å². The number of hydrogen-bond acceptors (Lipinski definition) is 4. The summed E-state index contributed by atoms with van der Waals surface area (Å²) in [5, 5.41) is 0.674. The number of anilines is 1. The zero-order chi connectivity index (χ0) is 15.9. The first-order chi connectivity index (χ1) is 11.2. The van der Waals surface area contributed by atoms with Gasteiger partial charge in [-0.2, -0.15) is 0 Å². The fourth-order valence-corrected chi connectivity index (χ4v) is 2.94. The van der Waals surface area contributed by atoms with E-state index in [9.17, 15) is 4.79 Å². The van der Waals surface area contributed by atoms with Crippen LogP contribution < -0.4 is 10.9 Å². The summed E-state index contributed by atoms with van der Waals surface area (Å²) in [4.78, 5) is 21.1. The number of hydrazine groups is 1. The van der Waals surface area contributed by atoms with Gasteiger partial charge in [-0.25, -0.2) is 9.97 Å². The third-order valence-electron chi connectivity index (χ3n) is 4.54. The molecule has 5 nitrogen and oxygen atoms in total. The van der Waals surface area contributed by atoms with Gasteiger partial charge in [-0.05, 0) is 49.4 Å². The largest absolute Gasteiger partial charge is 0.272 e. The number of carbonyl (C=O) groups is 1. The van der Waals surface area contributed by atoms with Gasteiger partial charge in [0.1, 0.15) is 0 Å².